The van der Waals surface area contributed by atoms with E-state index in [9.17, 15) is 9.59 Å². The van der Waals surface area contributed by atoms with Gasteiger partial charge in [0.15, 0.2) is 0 Å². The Bertz CT molecular complexity index is 573. The van der Waals surface area contributed by atoms with Crippen molar-refractivity contribution < 1.29 is 14.3 Å². The van der Waals surface area contributed by atoms with E-state index in [1.54, 1.807) is 30.2 Å². The fourth-order valence-corrected chi connectivity index (χ4v) is 2.60. The number of pyridine rings is 1. The molecule has 1 saturated heterocycles. The van der Waals surface area contributed by atoms with E-state index >= 15 is 0 Å². The van der Waals surface area contributed by atoms with Gasteiger partial charge in [-0.05, 0) is 31.9 Å². The molecule has 0 radical (unpaired) electrons. The monoisotopic (exact) mass is 309 g/mol. The molecule has 0 aromatic carbocycles. The Labute approximate surface area is 128 Å². The molecule has 114 valence electrons. The van der Waals surface area contributed by atoms with Crippen LogP contribution in [0.1, 0.15) is 30.1 Å². The topological polar surface area (TPSA) is 74.4 Å². The van der Waals surface area contributed by atoms with E-state index in [1.807, 2.05) is 0 Å². The van der Waals surface area contributed by atoms with Crippen LogP contribution in [0.3, 0.4) is 0 Å². The first-order valence-corrected chi connectivity index (χ1v) is 7.43. The van der Waals surface area contributed by atoms with Crippen LogP contribution in [0.2, 0.25) is 0 Å². The molecule has 2 amide bonds. The smallest absolute Gasteiger partial charge is 0.407 e. The number of alkyl carbamates (subject to hydrolysis) is 1. The summed E-state index contributed by atoms with van der Waals surface area (Å²) in [6, 6.07) is 3.38. The molecule has 1 aliphatic rings. The summed E-state index contributed by atoms with van der Waals surface area (Å²) in [5.74, 6) is -0.104. The number of aromatic nitrogens is 1. The zero-order valence-electron chi connectivity index (χ0n) is 11.9. The summed E-state index contributed by atoms with van der Waals surface area (Å²) in [4.78, 5) is 28.5. The summed E-state index contributed by atoms with van der Waals surface area (Å²) in [6.07, 6.45) is 2.94. The standard InChI is InChI=1S/C14H19N3O3S/c1-2-20-14(19)16-10-5-4-8-17(9-10)13(18)11-6-3-7-15-12(11)21/h3,6-7,10H,2,4-5,8-9H2,1H3,(H,15,21)(H,16,19)/t10-/m0/s1. The van der Waals surface area contributed by atoms with E-state index in [-0.39, 0.29) is 11.9 Å². The summed E-state index contributed by atoms with van der Waals surface area (Å²) >= 11 is 5.14. The van der Waals surface area contributed by atoms with Crippen LogP contribution in [-0.4, -0.2) is 47.6 Å². The molecule has 21 heavy (non-hydrogen) atoms. The minimum Gasteiger partial charge on any atom is -0.450 e. The number of nitrogens with one attached hydrogen (secondary N) is 2. The van der Waals surface area contributed by atoms with E-state index in [0.29, 0.717) is 29.9 Å². The molecule has 0 unspecified atom stereocenters. The van der Waals surface area contributed by atoms with Gasteiger partial charge in [-0.3, -0.25) is 4.79 Å². The number of hydrogen-bond acceptors (Lipinski definition) is 4. The van der Waals surface area contributed by atoms with Crippen molar-refractivity contribution in [3.63, 3.8) is 0 Å². The van der Waals surface area contributed by atoms with Crippen LogP contribution in [0.15, 0.2) is 18.3 Å². The first-order valence-electron chi connectivity index (χ1n) is 7.02. The third kappa shape index (κ3) is 4.04. The number of piperidine rings is 1. The molecular weight excluding hydrogens is 290 g/mol. The molecule has 2 N–H and O–H groups in total. The van der Waals surface area contributed by atoms with Crippen molar-refractivity contribution in [2.24, 2.45) is 0 Å². The Balaban J connectivity index is 2.01. The maximum atomic E-state index is 12.5. The van der Waals surface area contributed by atoms with Crippen LogP contribution in [0.5, 0.6) is 0 Å². The maximum Gasteiger partial charge on any atom is 0.407 e. The Morgan fingerprint density at radius 2 is 2.38 bits per heavy atom. The average molecular weight is 309 g/mol. The van der Waals surface area contributed by atoms with Gasteiger partial charge in [0.25, 0.3) is 5.91 Å². The van der Waals surface area contributed by atoms with Crippen LogP contribution in [0.4, 0.5) is 4.79 Å². The summed E-state index contributed by atoms with van der Waals surface area (Å²) in [6.45, 7) is 3.23. The SMILES string of the molecule is CCOC(=O)N[C@H]1CCCN(C(=O)c2ccc[nH]c2=S)C1. The van der Waals surface area contributed by atoms with Gasteiger partial charge in [-0.15, -0.1) is 0 Å². The highest BCUT2D eigenvalue weighted by Gasteiger charge is 2.26. The Hall–Kier alpha value is -1.89. The maximum absolute atomic E-state index is 12.5. The molecule has 1 aromatic heterocycles. The zero-order chi connectivity index (χ0) is 15.2. The summed E-state index contributed by atoms with van der Waals surface area (Å²) in [5.41, 5.74) is 0.490. The predicted molar refractivity (Wildman–Crippen MR) is 80.7 cm³/mol. The van der Waals surface area contributed by atoms with Gasteiger partial charge in [0.05, 0.1) is 12.2 Å². The lowest BCUT2D eigenvalue weighted by atomic mass is 10.0. The molecule has 0 bridgehead atoms. The number of nitrogens with zero attached hydrogens (tertiary/aromatic N) is 1. The number of ether oxygens (including phenoxy) is 1. The summed E-state index contributed by atoms with van der Waals surface area (Å²) in [5, 5.41) is 2.78. The average Bonchev–Trinajstić information content (AvgIpc) is 2.47. The van der Waals surface area contributed by atoms with Crippen LogP contribution >= 0.6 is 12.2 Å². The van der Waals surface area contributed by atoms with Crippen molar-refractivity contribution in [1.82, 2.24) is 15.2 Å². The molecule has 1 aliphatic heterocycles. The van der Waals surface area contributed by atoms with Gasteiger partial charge in [-0.25, -0.2) is 4.79 Å². The van der Waals surface area contributed by atoms with Crippen LogP contribution in [0.25, 0.3) is 0 Å². The van der Waals surface area contributed by atoms with Crippen molar-refractivity contribution in [1.29, 1.82) is 0 Å². The Kier molecular flexibility index (Phi) is 5.32. The first-order chi connectivity index (χ1) is 10.1. The molecule has 2 rings (SSSR count). The van der Waals surface area contributed by atoms with E-state index in [0.717, 1.165) is 12.8 Å². The van der Waals surface area contributed by atoms with Crippen LogP contribution in [0, 0.1) is 4.64 Å². The minimum absolute atomic E-state index is 0.0805. The van der Waals surface area contributed by atoms with E-state index in [1.165, 1.54) is 0 Å². The van der Waals surface area contributed by atoms with Crippen molar-refractivity contribution in [2.75, 3.05) is 19.7 Å². The third-order valence-electron chi connectivity index (χ3n) is 3.35. The van der Waals surface area contributed by atoms with Crippen LogP contribution in [-0.2, 0) is 4.74 Å². The number of aromatic amines is 1. The van der Waals surface area contributed by atoms with Gasteiger partial charge in [-0.2, -0.15) is 0 Å². The highest BCUT2D eigenvalue weighted by atomic mass is 32.1. The van der Waals surface area contributed by atoms with Gasteiger partial charge >= 0.3 is 6.09 Å². The lowest BCUT2D eigenvalue weighted by Gasteiger charge is -2.32. The highest BCUT2D eigenvalue weighted by molar-refractivity contribution is 7.71. The first kappa shape index (κ1) is 15.5. The van der Waals surface area contributed by atoms with E-state index < -0.39 is 6.09 Å². The molecule has 2 heterocycles. The van der Waals surface area contributed by atoms with E-state index in [2.05, 4.69) is 10.3 Å². The summed E-state index contributed by atoms with van der Waals surface area (Å²) < 4.78 is 5.30. The molecule has 0 aliphatic carbocycles. The molecule has 6 nitrogen and oxygen atoms in total. The zero-order valence-corrected chi connectivity index (χ0v) is 12.7. The van der Waals surface area contributed by atoms with E-state index in [4.69, 9.17) is 17.0 Å². The second kappa shape index (κ2) is 7.21. The number of carbonyl (C=O) groups excluding carboxylic acids is 2. The van der Waals surface area contributed by atoms with Crippen molar-refractivity contribution in [3.8, 4) is 0 Å². The number of H-pyrrole nitrogens is 1. The Morgan fingerprint density at radius 1 is 1.57 bits per heavy atom. The van der Waals surface area contributed by atoms with Crippen molar-refractivity contribution in [3.05, 3.63) is 28.5 Å². The van der Waals surface area contributed by atoms with Crippen LogP contribution < -0.4 is 5.32 Å². The van der Waals surface area contributed by atoms with Gasteiger partial charge in [0.2, 0.25) is 0 Å². The number of amides is 2. The lowest BCUT2D eigenvalue weighted by molar-refractivity contribution is 0.0685. The van der Waals surface area contributed by atoms with Gasteiger partial charge < -0.3 is 19.9 Å². The number of carbonyl (C=O) groups is 2. The molecule has 1 fully saturated rings. The van der Waals surface area contributed by atoms with Crippen molar-refractivity contribution >= 4 is 24.2 Å². The Morgan fingerprint density at radius 3 is 3.10 bits per heavy atom. The fourth-order valence-electron chi connectivity index (χ4n) is 2.38. The minimum atomic E-state index is -0.436. The molecule has 0 saturated carbocycles. The normalized spacial score (nSPS) is 18.1. The quantitative estimate of drug-likeness (QED) is 0.839. The second-order valence-electron chi connectivity index (χ2n) is 4.87. The van der Waals surface area contributed by atoms with Gasteiger partial charge in [0, 0.05) is 25.3 Å². The van der Waals surface area contributed by atoms with Crippen molar-refractivity contribution in [2.45, 2.75) is 25.8 Å². The van der Waals surface area contributed by atoms with Gasteiger partial charge in [0.1, 0.15) is 4.64 Å². The third-order valence-corrected chi connectivity index (χ3v) is 3.69. The number of likely N-dealkylation sites (tertiary alicyclic amines) is 1. The second-order valence-corrected chi connectivity index (χ2v) is 5.28. The largest absolute Gasteiger partial charge is 0.450 e. The lowest BCUT2D eigenvalue weighted by Crippen LogP contribution is -2.49. The predicted octanol–water partition coefficient (Wildman–Crippen LogP) is 2.09. The molecule has 1 atom stereocenters. The fraction of sp³-hybridized carbons (Fsp3) is 0.500. The van der Waals surface area contributed by atoms with Gasteiger partial charge in [-0.1, -0.05) is 12.2 Å². The molecular formula is C14H19N3O3S. The highest BCUT2D eigenvalue weighted by Crippen LogP contribution is 2.14. The molecule has 1 aromatic rings. The molecule has 7 heteroatoms. The number of hydrogen-bond donors (Lipinski definition) is 2. The number of rotatable bonds is 3. The molecule has 0 spiro atoms. The summed E-state index contributed by atoms with van der Waals surface area (Å²) in [7, 11) is 0.